The van der Waals surface area contributed by atoms with Crippen molar-refractivity contribution >= 4 is 55.2 Å². The van der Waals surface area contributed by atoms with E-state index < -0.39 is 21.7 Å². The first-order valence-electron chi connectivity index (χ1n) is 12.2. The molecule has 3 heterocycles. The molecule has 0 amide bonds. The van der Waals surface area contributed by atoms with E-state index in [0.717, 1.165) is 5.69 Å². The molecule has 0 unspecified atom stereocenters. The number of carbonyl (C=O) groups excluding carboxylic acids is 1. The molecule has 4 aromatic rings. The largest absolute Gasteiger partial charge is 0.462 e. The number of aromatic nitrogens is 1. The summed E-state index contributed by atoms with van der Waals surface area (Å²) in [5.41, 5.74) is 2.10. The lowest BCUT2D eigenvalue weighted by Gasteiger charge is -2.15. The molecule has 3 aromatic heterocycles. The lowest BCUT2D eigenvalue weighted by molar-refractivity contribution is -0.696. The Morgan fingerprint density at radius 3 is 2.49 bits per heavy atom. The summed E-state index contributed by atoms with van der Waals surface area (Å²) in [6.45, 7) is 2.20. The molecule has 0 aliphatic rings. The van der Waals surface area contributed by atoms with Crippen LogP contribution in [0.4, 0.5) is 5.69 Å². The molecular formula is C28H29N2O7S2+. The quantitative estimate of drug-likeness (QED) is 0.100. The molecule has 39 heavy (non-hydrogen) atoms. The predicted octanol–water partition coefficient (Wildman–Crippen LogP) is 4.01. The van der Waals surface area contributed by atoms with Crippen molar-refractivity contribution in [3.8, 4) is 0 Å². The third-order valence-corrected chi connectivity index (χ3v) is 7.69. The topological polar surface area (TPSA) is 118 Å². The van der Waals surface area contributed by atoms with Crippen molar-refractivity contribution in [3.05, 3.63) is 92.7 Å². The highest BCUT2D eigenvalue weighted by Gasteiger charge is 2.26. The highest BCUT2D eigenvalue weighted by atomic mass is 32.2. The number of benzene rings is 1. The summed E-state index contributed by atoms with van der Waals surface area (Å²) < 4.78 is 44.0. The Bertz CT molecular complexity index is 1670. The molecule has 0 spiro atoms. The van der Waals surface area contributed by atoms with E-state index >= 15 is 0 Å². The van der Waals surface area contributed by atoms with Crippen LogP contribution in [0.1, 0.15) is 29.3 Å². The second-order valence-electron chi connectivity index (χ2n) is 8.98. The van der Waals surface area contributed by atoms with Crippen LogP contribution < -0.4 is 15.1 Å². The van der Waals surface area contributed by atoms with Crippen LogP contribution >= 0.6 is 11.3 Å². The van der Waals surface area contributed by atoms with E-state index in [1.165, 1.54) is 11.3 Å². The molecule has 0 atom stereocenters. The summed E-state index contributed by atoms with van der Waals surface area (Å²) in [5, 5.41) is 2.57. The number of ether oxygens (including phenoxy) is 1. The van der Waals surface area contributed by atoms with Gasteiger partial charge in [0.05, 0.1) is 23.5 Å². The minimum atomic E-state index is -4.05. The first-order valence-corrected chi connectivity index (χ1v) is 14.7. The van der Waals surface area contributed by atoms with Crippen LogP contribution in [0, 0.1) is 0 Å². The number of pyridine rings is 1. The number of hydrogen-bond donors (Lipinski definition) is 1. The summed E-state index contributed by atoms with van der Waals surface area (Å²) in [6.07, 6.45) is 3.63. The van der Waals surface area contributed by atoms with Gasteiger partial charge in [0.2, 0.25) is 0 Å². The molecule has 0 saturated heterocycles. The number of fused-ring (bicyclic) bond motifs is 1. The van der Waals surface area contributed by atoms with Gasteiger partial charge in [-0.3, -0.25) is 4.55 Å². The number of nitrogens with zero attached hydrogens (tertiary/aromatic N) is 2. The lowest BCUT2D eigenvalue weighted by Crippen LogP contribution is -2.33. The zero-order valence-electron chi connectivity index (χ0n) is 21.8. The summed E-state index contributed by atoms with van der Waals surface area (Å²) in [6, 6.07) is 14.4. The van der Waals surface area contributed by atoms with Gasteiger partial charge in [-0.1, -0.05) is 6.07 Å². The zero-order chi connectivity index (χ0) is 28.2. The fraction of sp³-hybridized carbons (Fsp3) is 0.250. The fourth-order valence-electron chi connectivity index (χ4n) is 4.13. The van der Waals surface area contributed by atoms with Gasteiger partial charge in [0.15, 0.2) is 12.4 Å². The Morgan fingerprint density at radius 1 is 1.13 bits per heavy atom. The summed E-state index contributed by atoms with van der Waals surface area (Å²) in [5.74, 6) is -0.945. The predicted molar refractivity (Wildman–Crippen MR) is 151 cm³/mol. The third-order valence-electron chi connectivity index (χ3n) is 6.00. The molecule has 4 rings (SSSR count). The molecule has 0 fully saturated rings. The van der Waals surface area contributed by atoms with E-state index in [9.17, 15) is 18.0 Å². The van der Waals surface area contributed by atoms with Crippen molar-refractivity contribution in [2.45, 2.75) is 19.9 Å². The minimum absolute atomic E-state index is 0.141. The Morgan fingerprint density at radius 2 is 1.87 bits per heavy atom. The number of esters is 1. The zero-order valence-corrected chi connectivity index (χ0v) is 23.4. The van der Waals surface area contributed by atoms with Crippen LogP contribution in [0.15, 0.2) is 75.5 Å². The van der Waals surface area contributed by atoms with Gasteiger partial charge < -0.3 is 14.1 Å². The van der Waals surface area contributed by atoms with Crippen LogP contribution in [0.5, 0.6) is 0 Å². The highest BCUT2D eigenvalue weighted by Crippen LogP contribution is 2.35. The van der Waals surface area contributed by atoms with Gasteiger partial charge in [-0.05, 0) is 36.6 Å². The molecule has 1 aromatic carbocycles. The monoisotopic (exact) mass is 569 g/mol. The Labute approximate surface area is 230 Å². The Balaban J connectivity index is 1.88. The molecule has 0 bridgehead atoms. The maximum atomic E-state index is 13.4. The van der Waals surface area contributed by atoms with E-state index in [0.29, 0.717) is 33.5 Å². The number of thiophene rings is 1. The van der Waals surface area contributed by atoms with Gasteiger partial charge in [-0.15, -0.1) is 11.3 Å². The average Bonchev–Trinajstić information content (AvgIpc) is 3.41. The fourth-order valence-corrected chi connectivity index (χ4v) is 5.42. The van der Waals surface area contributed by atoms with Crippen molar-refractivity contribution in [3.63, 3.8) is 0 Å². The van der Waals surface area contributed by atoms with E-state index in [4.69, 9.17) is 13.7 Å². The SMILES string of the molecule is CCOC(=O)/C(=C(/c1cccs1)c1cc2ccc(N(C)C)cc2oc1=O)c1cc[n+](CCCS(=O)(=O)O)cc1. The standard InChI is InChI=1S/C28H28N2O7S2/c1-4-36-28(32)25(19-10-13-30(14-11-19)12-6-16-39(33,34)35)26(24-7-5-15-38-24)22-17-20-8-9-21(29(2)3)18-23(20)37-27(22)31/h5,7-11,13-15,17-18H,4,6,12,16H2,1-3H3/p+1. The van der Waals surface area contributed by atoms with Crippen molar-refractivity contribution < 1.29 is 31.5 Å². The summed E-state index contributed by atoms with van der Waals surface area (Å²) in [4.78, 5) is 29.4. The van der Waals surface area contributed by atoms with Gasteiger partial charge in [-0.2, -0.15) is 8.42 Å². The number of aryl methyl sites for hydroxylation is 1. The van der Waals surface area contributed by atoms with Crippen molar-refractivity contribution in [1.29, 1.82) is 0 Å². The molecule has 0 aliphatic heterocycles. The number of anilines is 1. The second-order valence-corrected chi connectivity index (χ2v) is 11.5. The maximum absolute atomic E-state index is 13.4. The van der Waals surface area contributed by atoms with Crippen LogP contribution in [-0.4, -0.2) is 45.4 Å². The summed E-state index contributed by atoms with van der Waals surface area (Å²) in [7, 11) is -0.253. The first kappa shape index (κ1) is 28.2. The smallest absolute Gasteiger partial charge is 0.344 e. The average molecular weight is 570 g/mol. The first-order chi connectivity index (χ1) is 18.6. The van der Waals surface area contributed by atoms with Crippen LogP contribution in [0.2, 0.25) is 0 Å². The number of rotatable bonds is 10. The molecule has 9 nitrogen and oxygen atoms in total. The summed E-state index contributed by atoms with van der Waals surface area (Å²) >= 11 is 1.38. The van der Waals surface area contributed by atoms with Crippen LogP contribution in [0.3, 0.4) is 0 Å². The van der Waals surface area contributed by atoms with Gasteiger partial charge in [0.25, 0.3) is 10.1 Å². The number of carbonyl (C=O) groups is 1. The Hall–Kier alpha value is -3.80. The lowest BCUT2D eigenvalue weighted by atomic mass is 9.94. The highest BCUT2D eigenvalue weighted by molar-refractivity contribution is 7.85. The molecule has 204 valence electrons. The molecule has 11 heteroatoms. The molecule has 0 radical (unpaired) electrons. The van der Waals surface area contributed by atoms with Crippen molar-refractivity contribution in [1.82, 2.24) is 0 Å². The van der Waals surface area contributed by atoms with Crippen LogP contribution in [-0.2, 0) is 26.2 Å². The van der Waals surface area contributed by atoms with Gasteiger partial charge >= 0.3 is 11.6 Å². The third kappa shape index (κ3) is 6.80. The number of hydrogen-bond acceptors (Lipinski definition) is 8. The normalized spacial score (nSPS) is 12.3. The van der Waals surface area contributed by atoms with E-state index in [2.05, 4.69) is 0 Å². The molecule has 0 aliphatic carbocycles. The molecule has 1 N–H and O–H groups in total. The second kappa shape index (κ2) is 11.9. The molecule has 0 saturated carbocycles. The van der Waals surface area contributed by atoms with Crippen molar-refractivity contribution in [2.75, 3.05) is 31.4 Å². The maximum Gasteiger partial charge on any atom is 0.344 e. The van der Waals surface area contributed by atoms with Gasteiger partial charge in [-0.25, -0.2) is 14.2 Å². The van der Waals surface area contributed by atoms with Crippen LogP contribution in [0.25, 0.3) is 22.1 Å². The minimum Gasteiger partial charge on any atom is -0.462 e. The van der Waals surface area contributed by atoms with Gasteiger partial charge in [0.1, 0.15) is 12.1 Å². The van der Waals surface area contributed by atoms with E-state index in [1.54, 1.807) is 48.1 Å². The molecular weight excluding hydrogens is 540 g/mol. The Kier molecular flexibility index (Phi) is 8.63. The van der Waals surface area contributed by atoms with E-state index in [-0.39, 0.29) is 29.9 Å². The van der Waals surface area contributed by atoms with Gasteiger partial charge in [0, 0.05) is 65.8 Å². The van der Waals surface area contributed by atoms with Crippen molar-refractivity contribution in [2.24, 2.45) is 0 Å². The van der Waals surface area contributed by atoms with E-state index in [1.807, 2.05) is 48.6 Å².